The average Bonchev–Trinajstić information content (AvgIpc) is 2.86. The Bertz CT molecular complexity index is 550. The predicted octanol–water partition coefficient (Wildman–Crippen LogP) is 1.65. The SMILES string of the molecule is CCNC(=NCc1nnc2n1CCCCC2)NCCN(C)CCCOC.I. The van der Waals surface area contributed by atoms with Gasteiger partial charge < -0.3 is 24.8 Å². The third-order valence-corrected chi connectivity index (χ3v) is 4.58. The van der Waals surface area contributed by atoms with Crippen LogP contribution in [0.1, 0.15) is 44.3 Å². The highest BCUT2D eigenvalue weighted by atomic mass is 127. The van der Waals surface area contributed by atoms with E-state index in [1.165, 1.54) is 19.3 Å². The summed E-state index contributed by atoms with van der Waals surface area (Å²) in [6.07, 6.45) is 5.77. The summed E-state index contributed by atoms with van der Waals surface area (Å²) in [5.74, 6) is 2.92. The summed E-state index contributed by atoms with van der Waals surface area (Å²) in [5, 5.41) is 15.4. The number of fused-ring (bicyclic) bond motifs is 1. The van der Waals surface area contributed by atoms with Crippen molar-refractivity contribution in [2.75, 3.05) is 46.9 Å². The molecule has 8 nitrogen and oxygen atoms in total. The Morgan fingerprint density at radius 3 is 2.85 bits per heavy atom. The summed E-state index contributed by atoms with van der Waals surface area (Å²) >= 11 is 0. The normalized spacial score (nSPS) is 14.4. The van der Waals surface area contributed by atoms with Crippen molar-refractivity contribution < 1.29 is 4.74 Å². The molecule has 1 aromatic rings. The third-order valence-electron chi connectivity index (χ3n) is 4.58. The number of aliphatic imine (C=N–C) groups is 1. The van der Waals surface area contributed by atoms with Crippen LogP contribution in [0, 0.1) is 0 Å². The summed E-state index contributed by atoms with van der Waals surface area (Å²) < 4.78 is 7.35. The van der Waals surface area contributed by atoms with Crippen molar-refractivity contribution in [2.45, 2.75) is 52.1 Å². The number of halogens is 1. The molecule has 0 bridgehead atoms. The highest BCUT2D eigenvalue weighted by Crippen LogP contribution is 2.14. The second-order valence-electron chi connectivity index (χ2n) is 6.77. The van der Waals surface area contributed by atoms with Gasteiger partial charge in [-0.05, 0) is 33.2 Å². The van der Waals surface area contributed by atoms with E-state index in [2.05, 4.69) is 44.3 Å². The van der Waals surface area contributed by atoms with Crippen LogP contribution in [0.4, 0.5) is 0 Å². The minimum atomic E-state index is 0. The molecule has 2 heterocycles. The molecule has 156 valence electrons. The quantitative estimate of drug-likeness (QED) is 0.223. The van der Waals surface area contributed by atoms with Gasteiger partial charge in [-0.2, -0.15) is 0 Å². The largest absolute Gasteiger partial charge is 0.385 e. The molecule has 1 aliphatic heterocycles. The number of rotatable bonds is 10. The molecule has 9 heteroatoms. The van der Waals surface area contributed by atoms with Crippen molar-refractivity contribution in [3.63, 3.8) is 0 Å². The van der Waals surface area contributed by atoms with Crippen LogP contribution in [0.25, 0.3) is 0 Å². The Morgan fingerprint density at radius 2 is 2.07 bits per heavy atom. The van der Waals surface area contributed by atoms with Crippen LogP contribution < -0.4 is 10.6 Å². The van der Waals surface area contributed by atoms with Crippen molar-refractivity contribution in [1.29, 1.82) is 0 Å². The summed E-state index contributed by atoms with van der Waals surface area (Å²) in [6.45, 7) is 8.17. The minimum Gasteiger partial charge on any atom is -0.385 e. The van der Waals surface area contributed by atoms with Crippen LogP contribution in [0.2, 0.25) is 0 Å². The number of aromatic nitrogens is 3. The number of nitrogens with one attached hydrogen (secondary N) is 2. The van der Waals surface area contributed by atoms with Crippen LogP contribution in [-0.4, -0.2) is 72.6 Å². The molecule has 0 saturated heterocycles. The van der Waals surface area contributed by atoms with E-state index in [1.54, 1.807) is 7.11 Å². The zero-order valence-electron chi connectivity index (χ0n) is 17.0. The molecule has 2 N–H and O–H groups in total. The molecule has 0 fully saturated rings. The lowest BCUT2D eigenvalue weighted by Gasteiger charge is -2.18. The Hall–Kier alpha value is -0.940. The van der Waals surface area contributed by atoms with Gasteiger partial charge in [0.2, 0.25) is 0 Å². The molecular formula is C18H36IN7O. The molecule has 2 rings (SSSR count). The fourth-order valence-corrected chi connectivity index (χ4v) is 3.11. The number of hydrogen-bond acceptors (Lipinski definition) is 5. The first-order valence-corrected chi connectivity index (χ1v) is 9.85. The van der Waals surface area contributed by atoms with E-state index in [0.29, 0.717) is 6.54 Å². The lowest BCUT2D eigenvalue weighted by Crippen LogP contribution is -2.41. The van der Waals surface area contributed by atoms with Gasteiger partial charge in [-0.1, -0.05) is 6.42 Å². The third kappa shape index (κ3) is 8.73. The van der Waals surface area contributed by atoms with E-state index in [0.717, 1.165) is 69.8 Å². The van der Waals surface area contributed by atoms with Crippen molar-refractivity contribution >= 4 is 29.9 Å². The standard InChI is InChI=1S/C18H35N7O.HI/c1-4-19-18(20-10-13-24(2)11-8-14-26-3)21-15-17-23-22-16-9-6-5-7-12-25(16)17;/h4-15H2,1-3H3,(H2,19,20,21);1H. The highest BCUT2D eigenvalue weighted by Gasteiger charge is 2.14. The molecule has 0 spiro atoms. The molecule has 1 aliphatic rings. The lowest BCUT2D eigenvalue weighted by molar-refractivity contribution is 0.180. The molecule has 27 heavy (non-hydrogen) atoms. The van der Waals surface area contributed by atoms with Gasteiger partial charge in [-0.25, -0.2) is 4.99 Å². The van der Waals surface area contributed by atoms with Gasteiger partial charge in [-0.3, -0.25) is 0 Å². The van der Waals surface area contributed by atoms with Gasteiger partial charge in [-0.15, -0.1) is 34.2 Å². The molecule has 1 aromatic heterocycles. The first-order chi connectivity index (χ1) is 12.7. The molecule has 0 aromatic carbocycles. The van der Waals surface area contributed by atoms with Crippen molar-refractivity contribution in [3.05, 3.63) is 11.6 Å². The molecule has 0 saturated carbocycles. The summed E-state index contributed by atoms with van der Waals surface area (Å²) in [6, 6.07) is 0. The number of methoxy groups -OCH3 is 1. The number of guanidine groups is 1. The van der Waals surface area contributed by atoms with Crippen LogP contribution in [0.15, 0.2) is 4.99 Å². The van der Waals surface area contributed by atoms with E-state index >= 15 is 0 Å². The number of aryl methyl sites for hydroxylation is 1. The predicted molar refractivity (Wildman–Crippen MR) is 120 cm³/mol. The van der Waals surface area contributed by atoms with Crippen molar-refractivity contribution in [1.82, 2.24) is 30.3 Å². The maximum absolute atomic E-state index is 5.10. The molecular weight excluding hydrogens is 457 g/mol. The van der Waals surface area contributed by atoms with Gasteiger partial charge in [0.25, 0.3) is 0 Å². The minimum absolute atomic E-state index is 0. The number of likely N-dealkylation sites (N-methyl/N-ethyl adjacent to an activating group) is 1. The van der Waals surface area contributed by atoms with E-state index < -0.39 is 0 Å². The van der Waals surface area contributed by atoms with Crippen molar-refractivity contribution in [2.24, 2.45) is 4.99 Å². The highest BCUT2D eigenvalue weighted by molar-refractivity contribution is 14.0. The first kappa shape index (κ1) is 24.1. The number of hydrogen-bond donors (Lipinski definition) is 2. The van der Waals surface area contributed by atoms with E-state index in [9.17, 15) is 0 Å². The fraction of sp³-hybridized carbons (Fsp3) is 0.833. The summed E-state index contributed by atoms with van der Waals surface area (Å²) in [5.41, 5.74) is 0. The van der Waals surface area contributed by atoms with Gasteiger partial charge in [0.15, 0.2) is 11.8 Å². The van der Waals surface area contributed by atoms with Gasteiger partial charge in [0.1, 0.15) is 12.4 Å². The first-order valence-electron chi connectivity index (χ1n) is 9.85. The maximum atomic E-state index is 5.10. The van der Waals surface area contributed by atoms with Crippen LogP contribution in [0.3, 0.4) is 0 Å². The van der Waals surface area contributed by atoms with E-state index in [1.807, 2.05) is 0 Å². The summed E-state index contributed by atoms with van der Waals surface area (Å²) in [7, 11) is 3.88. The topological polar surface area (TPSA) is 79.6 Å². The van der Waals surface area contributed by atoms with Crippen LogP contribution in [-0.2, 0) is 24.2 Å². The molecule has 0 unspecified atom stereocenters. The van der Waals surface area contributed by atoms with Gasteiger partial charge in [0.05, 0.1) is 0 Å². The second kappa shape index (κ2) is 14.1. The average molecular weight is 493 g/mol. The number of ether oxygens (including phenoxy) is 1. The van der Waals surface area contributed by atoms with Crippen molar-refractivity contribution in [3.8, 4) is 0 Å². The van der Waals surface area contributed by atoms with Gasteiger partial charge in [0, 0.05) is 52.9 Å². The van der Waals surface area contributed by atoms with E-state index in [-0.39, 0.29) is 24.0 Å². The number of nitrogens with zero attached hydrogens (tertiary/aromatic N) is 5. The summed E-state index contributed by atoms with van der Waals surface area (Å²) in [4.78, 5) is 7.00. The van der Waals surface area contributed by atoms with Crippen LogP contribution in [0.5, 0.6) is 0 Å². The Labute approximate surface area is 180 Å². The zero-order valence-corrected chi connectivity index (χ0v) is 19.4. The Kier molecular flexibility index (Phi) is 12.6. The maximum Gasteiger partial charge on any atom is 0.191 e. The molecule has 0 radical (unpaired) electrons. The Balaban J connectivity index is 0.00000364. The molecule has 0 atom stereocenters. The Morgan fingerprint density at radius 1 is 1.22 bits per heavy atom. The monoisotopic (exact) mass is 493 g/mol. The molecule has 0 amide bonds. The lowest BCUT2D eigenvalue weighted by atomic mass is 10.2. The smallest absolute Gasteiger partial charge is 0.191 e. The second-order valence-corrected chi connectivity index (χ2v) is 6.77. The molecule has 0 aliphatic carbocycles. The fourth-order valence-electron chi connectivity index (χ4n) is 3.11. The van der Waals surface area contributed by atoms with E-state index in [4.69, 9.17) is 9.73 Å². The van der Waals surface area contributed by atoms with Crippen LogP contribution >= 0.6 is 24.0 Å². The zero-order chi connectivity index (χ0) is 18.6. The van der Waals surface area contributed by atoms with Gasteiger partial charge >= 0.3 is 0 Å².